The molecule has 2 heteroatoms. The van der Waals surface area contributed by atoms with Gasteiger partial charge in [-0.3, -0.25) is 0 Å². The molecule has 2 nitrogen and oxygen atoms in total. The van der Waals surface area contributed by atoms with Gasteiger partial charge in [0.1, 0.15) is 0 Å². The summed E-state index contributed by atoms with van der Waals surface area (Å²) in [5, 5.41) is 9.82. The standard InChI is InChI=1S/C62H44N2/c1-3-17-55(18-4-1)63(61-23-11-15-49-13-7-9-21-59(49)61)57-37-31-45(32-38-57)25-27-47-29-35-51-44-54-42-48(30-36-52(54)43-53(51)41-47)28-26-46-33-39-58(40-34-46)64(56-19-5-2-6-20-56)62-24-12-16-50-14-8-10-22-60(50)62/h1-44H/b27-25+,28-26+. The Balaban J connectivity index is 0.810. The molecule has 0 bridgehead atoms. The zero-order chi connectivity index (χ0) is 42.7. The van der Waals surface area contributed by atoms with E-state index >= 15 is 0 Å². The molecule has 0 atom stereocenters. The summed E-state index contributed by atoms with van der Waals surface area (Å²) in [4.78, 5) is 4.68. The Hall–Kier alpha value is -8.46. The van der Waals surface area contributed by atoms with Gasteiger partial charge in [-0.2, -0.15) is 0 Å². The zero-order valence-electron chi connectivity index (χ0n) is 35.3. The monoisotopic (exact) mass is 816 g/mol. The van der Waals surface area contributed by atoms with Gasteiger partial charge in [-0.15, -0.1) is 0 Å². The molecule has 11 aromatic carbocycles. The normalized spacial score (nSPS) is 11.6. The maximum atomic E-state index is 2.34. The number of benzene rings is 11. The SMILES string of the molecule is C(=C\c1ccc2cc3cc(/C=C/c4ccc(N(c5ccccc5)c5cccc6ccccc56)cc4)ccc3cc2c1)/c1ccc(N(c2ccccc2)c2cccc3ccccc23)cc1. The molecular formula is C62H44N2. The number of hydrogen-bond donors (Lipinski definition) is 0. The predicted octanol–water partition coefficient (Wildman–Crippen LogP) is 17.6. The number of nitrogens with zero attached hydrogens (tertiary/aromatic N) is 2. The molecule has 0 heterocycles. The van der Waals surface area contributed by atoms with Gasteiger partial charge in [-0.1, -0.05) is 182 Å². The van der Waals surface area contributed by atoms with Gasteiger partial charge >= 0.3 is 0 Å². The molecule has 0 unspecified atom stereocenters. The summed E-state index contributed by atoms with van der Waals surface area (Å²) < 4.78 is 0. The first-order chi connectivity index (χ1) is 31.7. The molecule has 0 aliphatic heterocycles. The second kappa shape index (κ2) is 17.1. The molecule has 0 saturated carbocycles. The first kappa shape index (κ1) is 38.5. The third kappa shape index (κ3) is 7.81. The highest BCUT2D eigenvalue weighted by Crippen LogP contribution is 2.40. The fraction of sp³-hybridized carbons (Fsp3) is 0. The minimum absolute atomic E-state index is 1.12. The number of rotatable bonds is 10. The van der Waals surface area contributed by atoms with Gasteiger partial charge in [0.2, 0.25) is 0 Å². The quantitative estimate of drug-likeness (QED) is 0.100. The Kier molecular flexibility index (Phi) is 10.3. The van der Waals surface area contributed by atoms with Crippen LogP contribution < -0.4 is 9.80 Å². The van der Waals surface area contributed by atoms with Crippen LogP contribution in [-0.4, -0.2) is 0 Å². The molecule has 0 aromatic heterocycles. The molecule has 302 valence electrons. The van der Waals surface area contributed by atoms with Crippen LogP contribution in [0.2, 0.25) is 0 Å². The smallest absolute Gasteiger partial charge is 0.0540 e. The molecule has 11 rings (SSSR count). The average Bonchev–Trinajstić information content (AvgIpc) is 3.36. The van der Waals surface area contributed by atoms with E-state index in [1.165, 1.54) is 54.2 Å². The molecule has 0 spiro atoms. The highest BCUT2D eigenvalue weighted by molar-refractivity contribution is 6.02. The van der Waals surface area contributed by atoms with Crippen LogP contribution in [0.5, 0.6) is 0 Å². The second-order valence-electron chi connectivity index (χ2n) is 16.3. The summed E-state index contributed by atoms with van der Waals surface area (Å²) in [5.74, 6) is 0. The van der Waals surface area contributed by atoms with Crippen LogP contribution >= 0.6 is 0 Å². The van der Waals surface area contributed by atoms with Crippen LogP contribution in [0.4, 0.5) is 34.1 Å². The molecule has 0 aliphatic carbocycles. The third-order valence-corrected chi connectivity index (χ3v) is 12.1. The van der Waals surface area contributed by atoms with Crippen LogP contribution in [-0.2, 0) is 0 Å². The van der Waals surface area contributed by atoms with Gasteiger partial charge < -0.3 is 9.80 Å². The van der Waals surface area contributed by atoms with Crippen LogP contribution in [0.3, 0.4) is 0 Å². The fourth-order valence-corrected chi connectivity index (χ4v) is 8.91. The van der Waals surface area contributed by atoms with E-state index < -0.39 is 0 Å². The molecule has 0 radical (unpaired) electrons. The summed E-state index contributed by atoms with van der Waals surface area (Å²) >= 11 is 0. The van der Waals surface area contributed by atoms with E-state index in [1.807, 2.05) is 0 Å². The van der Waals surface area contributed by atoms with E-state index in [0.717, 1.165) is 45.3 Å². The molecule has 0 amide bonds. The Morgan fingerprint density at radius 3 is 1.00 bits per heavy atom. The molecular weight excluding hydrogens is 773 g/mol. The van der Waals surface area contributed by atoms with E-state index in [1.54, 1.807) is 0 Å². The Labute approximate surface area is 374 Å². The largest absolute Gasteiger partial charge is 0.310 e. The fourth-order valence-electron chi connectivity index (χ4n) is 8.91. The lowest BCUT2D eigenvalue weighted by atomic mass is 9.99. The van der Waals surface area contributed by atoms with Crippen molar-refractivity contribution in [3.63, 3.8) is 0 Å². The maximum absolute atomic E-state index is 2.34. The molecule has 0 fully saturated rings. The summed E-state index contributed by atoms with van der Waals surface area (Å²) in [6.07, 6.45) is 8.82. The number of hydrogen-bond acceptors (Lipinski definition) is 2. The Morgan fingerprint density at radius 1 is 0.219 bits per heavy atom. The van der Waals surface area contributed by atoms with Crippen LogP contribution in [0, 0.1) is 0 Å². The van der Waals surface area contributed by atoms with Gasteiger partial charge in [0, 0.05) is 33.5 Å². The first-order valence-electron chi connectivity index (χ1n) is 21.9. The van der Waals surface area contributed by atoms with Gasteiger partial charge in [0.15, 0.2) is 0 Å². The second-order valence-corrected chi connectivity index (χ2v) is 16.3. The Bertz CT molecular complexity index is 3230. The minimum atomic E-state index is 1.12. The molecule has 64 heavy (non-hydrogen) atoms. The first-order valence-corrected chi connectivity index (χ1v) is 21.9. The average molecular weight is 817 g/mol. The van der Waals surface area contributed by atoms with Gasteiger partial charge in [0.25, 0.3) is 0 Å². The third-order valence-electron chi connectivity index (χ3n) is 12.1. The van der Waals surface area contributed by atoms with Crippen molar-refractivity contribution >= 4 is 102 Å². The van der Waals surface area contributed by atoms with Gasteiger partial charge in [-0.25, -0.2) is 0 Å². The Morgan fingerprint density at radius 2 is 0.562 bits per heavy atom. The number of para-hydroxylation sites is 2. The van der Waals surface area contributed by atoms with Crippen molar-refractivity contribution in [1.82, 2.24) is 0 Å². The molecule has 0 saturated heterocycles. The molecule has 0 N–H and O–H groups in total. The van der Waals surface area contributed by atoms with Crippen LogP contribution in [0.25, 0.3) is 67.4 Å². The van der Waals surface area contributed by atoms with Crippen LogP contribution in [0.15, 0.2) is 243 Å². The van der Waals surface area contributed by atoms with E-state index in [2.05, 4.69) is 277 Å². The van der Waals surface area contributed by atoms with Crippen LogP contribution in [0.1, 0.15) is 22.3 Å². The van der Waals surface area contributed by atoms with Crippen molar-refractivity contribution in [2.45, 2.75) is 0 Å². The lowest BCUT2D eigenvalue weighted by Gasteiger charge is -2.27. The van der Waals surface area contributed by atoms with Gasteiger partial charge in [0.05, 0.1) is 11.4 Å². The maximum Gasteiger partial charge on any atom is 0.0540 e. The van der Waals surface area contributed by atoms with E-state index in [9.17, 15) is 0 Å². The van der Waals surface area contributed by atoms with E-state index in [4.69, 9.17) is 0 Å². The number of fused-ring (bicyclic) bond motifs is 4. The lowest BCUT2D eigenvalue weighted by molar-refractivity contribution is 1.30. The molecule has 11 aromatic rings. The van der Waals surface area contributed by atoms with Gasteiger partial charge in [-0.05, 0) is 140 Å². The van der Waals surface area contributed by atoms with Crippen molar-refractivity contribution in [2.75, 3.05) is 9.80 Å². The van der Waals surface area contributed by atoms with Crippen molar-refractivity contribution in [3.05, 3.63) is 265 Å². The topological polar surface area (TPSA) is 6.48 Å². The lowest BCUT2D eigenvalue weighted by Crippen LogP contribution is -2.10. The highest BCUT2D eigenvalue weighted by Gasteiger charge is 2.16. The summed E-state index contributed by atoms with van der Waals surface area (Å²) in [6.45, 7) is 0. The van der Waals surface area contributed by atoms with Crippen molar-refractivity contribution in [2.24, 2.45) is 0 Å². The molecule has 0 aliphatic rings. The summed E-state index contributed by atoms with van der Waals surface area (Å²) in [7, 11) is 0. The van der Waals surface area contributed by atoms with E-state index in [-0.39, 0.29) is 0 Å². The summed E-state index contributed by atoms with van der Waals surface area (Å²) in [5.41, 5.74) is 11.5. The summed E-state index contributed by atoms with van der Waals surface area (Å²) in [6, 6.07) is 87.2. The predicted molar refractivity (Wildman–Crippen MR) is 277 cm³/mol. The zero-order valence-corrected chi connectivity index (χ0v) is 35.3. The van der Waals surface area contributed by atoms with Crippen molar-refractivity contribution in [1.29, 1.82) is 0 Å². The number of anilines is 6. The van der Waals surface area contributed by atoms with Crippen molar-refractivity contribution < 1.29 is 0 Å². The van der Waals surface area contributed by atoms with Crippen molar-refractivity contribution in [3.8, 4) is 0 Å². The highest BCUT2D eigenvalue weighted by atomic mass is 15.1. The van der Waals surface area contributed by atoms with E-state index in [0.29, 0.717) is 0 Å². The minimum Gasteiger partial charge on any atom is -0.310 e.